The van der Waals surface area contributed by atoms with Crippen molar-refractivity contribution in [1.29, 1.82) is 0 Å². The zero-order valence-corrected chi connectivity index (χ0v) is 15.9. The highest BCUT2D eigenvalue weighted by Crippen LogP contribution is 2.33. The van der Waals surface area contributed by atoms with Crippen molar-refractivity contribution in [2.45, 2.75) is 26.7 Å². The summed E-state index contributed by atoms with van der Waals surface area (Å²) < 4.78 is 0. The molecule has 2 rings (SSSR count). The van der Waals surface area contributed by atoms with Gasteiger partial charge in [-0.15, -0.1) is 0 Å². The summed E-state index contributed by atoms with van der Waals surface area (Å²) in [5.74, 6) is -0.0355. The van der Waals surface area contributed by atoms with E-state index in [1.54, 1.807) is 18.5 Å². The van der Waals surface area contributed by atoms with Crippen molar-refractivity contribution in [3.05, 3.63) is 90.3 Å². The molecule has 3 nitrogen and oxygen atoms in total. The summed E-state index contributed by atoms with van der Waals surface area (Å²) in [6.45, 7) is 11.5. The second-order valence-corrected chi connectivity index (χ2v) is 6.14. The lowest BCUT2D eigenvalue weighted by molar-refractivity contribution is -0.104. The number of carbonyl (C=O) groups excluding carboxylic acids is 1. The van der Waals surface area contributed by atoms with E-state index in [9.17, 15) is 9.90 Å². The van der Waals surface area contributed by atoms with Gasteiger partial charge in [-0.05, 0) is 52.8 Å². The van der Waals surface area contributed by atoms with Gasteiger partial charge in [0, 0.05) is 23.5 Å². The fourth-order valence-electron chi connectivity index (χ4n) is 2.90. The minimum Gasteiger partial charge on any atom is -0.508 e. The molecule has 0 spiro atoms. The lowest BCUT2D eigenvalue weighted by Gasteiger charge is -2.15. The molecule has 0 saturated carbocycles. The van der Waals surface area contributed by atoms with E-state index < -0.39 is 0 Å². The first-order chi connectivity index (χ1) is 13.0. The fraction of sp³-hybridized carbons (Fsp3) is 0.167. The number of hydrogen-bond acceptors (Lipinski definition) is 3. The fourth-order valence-corrected chi connectivity index (χ4v) is 2.90. The number of aliphatic hydroxyl groups is 1. The minimum absolute atomic E-state index is 0.0355. The van der Waals surface area contributed by atoms with E-state index in [1.165, 1.54) is 0 Å². The van der Waals surface area contributed by atoms with E-state index in [-0.39, 0.29) is 5.76 Å². The number of benzene rings is 1. The molecule has 0 fully saturated rings. The molecule has 1 heterocycles. The molecule has 0 unspecified atom stereocenters. The van der Waals surface area contributed by atoms with E-state index >= 15 is 0 Å². The van der Waals surface area contributed by atoms with Crippen LogP contribution in [-0.4, -0.2) is 16.4 Å². The number of rotatable bonds is 8. The average molecular weight is 359 g/mol. The van der Waals surface area contributed by atoms with Crippen LogP contribution in [0.4, 0.5) is 0 Å². The topological polar surface area (TPSA) is 50.2 Å². The Labute approximate surface area is 161 Å². The van der Waals surface area contributed by atoms with Crippen molar-refractivity contribution in [3.8, 4) is 11.1 Å². The summed E-state index contributed by atoms with van der Waals surface area (Å²) in [6, 6.07) is 9.56. The second-order valence-electron chi connectivity index (χ2n) is 6.14. The number of hydrogen-bond donors (Lipinski definition) is 1. The van der Waals surface area contributed by atoms with Crippen molar-refractivity contribution in [2.75, 3.05) is 0 Å². The third-order valence-corrected chi connectivity index (χ3v) is 4.48. The first-order valence-corrected chi connectivity index (χ1v) is 9.00. The molecule has 1 aromatic carbocycles. The van der Waals surface area contributed by atoms with Gasteiger partial charge in [0.25, 0.3) is 0 Å². The summed E-state index contributed by atoms with van der Waals surface area (Å²) in [4.78, 5) is 15.9. The highest BCUT2D eigenvalue weighted by atomic mass is 16.3. The Bertz CT molecular complexity index is 905. The van der Waals surface area contributed by atoms with Gasteiger partial charge in [-0.25, -0.2) is 0 Å². The third-order valence-electron chi connectivity index (χ3n) is 4.48. The van der Waals surface area contributed by atoms with Gasteiger partial charge in [-0.2, -0.15) is 0 Å². The van der Waals surface area contributed by atoms with Crippen molar-refractivity contribution in [1.82, 2.24) is 4.98 Å². The molecule has 1 N–H and O–H groups in total. The molecule has 0 saturated heterocycles. The number of pyridine rings is 1. The van der Waals surface area contributed by atoms with E-state index in [0.29, 0.717) is 17.6 Å². The van der Waals surface area contributed by atoms with Crippen molar-refractivity contribution in [3.63, 3.8) is 0 Å². The van der Waals surface area contributed by atoms with Gasteiger partial charge < -0.3 is 5.11 Å². The van der Waals surface area contributed by atoms with Gasteiger partial charge >= 0.3 is 0 Å². The van der Waals surface area contributed by atoms with Gasteiger partial charge in [-0.1, -0.05) is 57.4 Å². The monoisotopic (exact) mass is 359 g/mol. The second kappa shape index (κ2) is 9.48. The van der Waals surface area contributed by atoms with Gasteiger partial charge in [0.05, 0.1) is 0 Å². The minimum atomic E-state index is -0.0355. The van der Waals surface area contributed by atoms with Crippen LogP contribution >= 0.6 is 0 Å². The highest BCUT2D eigenvalue weighted by molar-refractivity contribution is 5.95. The molecule has 0 radical (unpaired) electrons. The molecule has 0 aliphatic heterocycles. The third kappa shape index (κ3) is 4.70. The van der Waals surface area contributed by atoms with Crippen LogP contribution in [0, 0.1) is 0 Å². The molecule has 0 amide bonds. The van der Waals surface area contributed by atoms with Gasteiger partial charge in [0.1, 0.15) is 12.0 Å². The maximum absolute atomic E-state index is 11.7. The van der Waals surface area contributed by atoms with E-state index in [1.807, 2.05) is 50.3 Å². The standard InChI is InChI=1S/C24H25NO2/c1-5-18(6-2)13-23(19(7-3)16-26)24-14-20(10-11-22(24)17(4)27)21-9-8-12-25-15-21/h5,8-16,27H,1,4,6-7H2,2-3H3/b18-13+,23-19-. The Morgan fingerprint density at radius 1 is 1.15 bits per heavy atom. The molecule has 1 aromatic heterocycles. The number of nitrogens with zero attached hydrogens (tertiary/aromatic N) is 1. The normalized spacial score (nSPS) is 12.3. The Balaban J connectivity index is 2.82. The maximum Gasteiger partial charge on any atom is 0.146 e. The molecule has 2 aromatic rings. The van der Waals surface area contributed by atoms with Crippen molar-refractivity contribution in [2.24, 2.45) is 0 Å². The molecular weight excluding hydrogens is 334 g/mol. The Morgan fingerprint density at radius 2 is 1.93 bits per heavy atom. The zero-order valence-electron chi connectivity index (χ0n) is 15.9. The molecule has 0 aliphatic rings. The maximum atomic E-state index is 11.7. The Kier molecular flexibility index (Phi) is 7.07. The molecule has 0 atom stereocenters. The largest absolute Gasteiger partial charge is 0.508 e. The van der Waals surface area contributed by atoms with Gasteiger partial charge in [0.15, 0.2) is 0 Å². The highest BCUT2D eigenvalue weighted by Gasteiger charge is 2.14. The lowest BCUT2D eigenvalue weighted by Crippen LogP contribution is -1.98. The zero-order chi connectivity index (χ0) is 19.8. The SMILES string of the molecule is C=C/C(=C\C(=C(\C=O)CC)c1cc(-c2cccnc2)ccc1C(=C)O)CC. The number of aromatic nitrogens is 1. The van der Waals surface area contributed by atoms with Crippen LogP contribution in [0.1, 0.15) is 37.8 Å². The van der Waals surface area contributed by atoms with E-state index in [2.05, 4.69) is 18.1 Å². The summed E-state index contributed by atoms with van der Waals surface area (Å²) in [7, 11) is 0. The summed E-state index contributed by atoms with van der Waals surface area (Å²) >= 11 is 0. The molecule has 0 aliphatic carbocycles. The molecular formula is C24H25NO2. The Morgan fingerprint density at radius 3 is 2.44 bits per heavy atom. The van der Waals surface area contributed by atoms with E-state index in [0.717, 1.165) is 40.5 Å². The number of aldehydes is 1. The molecule has 27 heavy (non-hydrogen) atoms. The van der Waals surface area contributed by atoms with Crippen molar-refractivity contribution < 1.29 is 9.90 Å². The smallest absolute Gasteiger partial charge is 0.146 e. The van der Waals surface area contributed by atoms with Crippen LogP contribution in [0.2, 0.25) is 0 Å². The van der Waals surface area contributed by atoms with Crippen LogP contribution in [0.5, 0.6) is 0 Å². The average Bonchev–Trinajstić information content (AvgIpc) is 2.71. The number of carbonyl (C=O) groups is 1. The van der Waals surface area contributed by atoms with Crippen molar-refractivity contribution >= 4 is 17.6 Å². The van der Waals surface area contributed by atoms with Crippen LogP contribution in [0.3, 0.4) is 0 Å². The molecule has 0 bridgehead atoms. The first-order valence-electron chi connectivity index (χ1n) is 9.00. The Hall–Kier alpha value is -3.20. The predicted octanol–water partition coefficient (Wildman–Crippen LogP) is 6.16. The first kappa shape index (κ1) is 20.1. The molecule has 3 heteroatoms. The van der Waals surface area contributed by atoms with Crippen LogP contribution in [-0.2, 0) is 4.79 Å². The summed E-state index contributed by atoms with van der Waals surface area (Å²) in [5.41, 5.74) is 5.72. The van der Waals surface area contributed by atoms with Gasteiger partial charge in [0.2, 0.25) is 0 Å². The van der Waals surface area contributed by atoms with Crippen LogP contribution < -0.4 is 0 Å². The lowest BCUT2D eigenvalue weighted by atomic mass is 9.89. The quantitative estimate of drug-likeness (QED) is 0.266. The summed E-state index contributed by atoms with van der Waals surface area (Å²) in [5, 5.41) is 10.1. The predicted molar refractivity (Wildman–Crippen MR) is 113 cm³/mol. The van der Waals surface area contributed by atoms with Crippen LogP contribution in [0.15, 0.2) is 79.2 Å². The van der Waals surface area contributed by atoms with Crippen LogP contribution in [0.25, 0.3) is 22.5 Å². The van der Waals surface area contributed by atoms with E-state index in [4.69, 9.17) is 0 Å². The number of allylic oxidation sites excluding steroid dienone is 5. The molecule has 138 valence electrons. The summed E-state index contributed by atoms with van der Waals surface area (Å²) in [6.07, 6.45) is 9.52. The number of aliphatic hydroxyl groups excluding tert-OH is 1. The van der Waals surface area contributed by atoms with Gasteiger partial charge in [-0.3, -0.25) is 9.78 Å².